The SMILES string of the molecule is CCCCCCCCCCCCCCCCCCCCCCCCCCCCCCCCCCC(C)(CC)C(CC)C(C)CC. The first-order valence-corrected chi connectivity index (χ1v) is 22.1. The van der Waals surface area contributed by atoms with E-state index in [1.807, 2.05) is 0 Å². The number of rotatable bonds is 38. The number of hydrogen-bond acceptors (Lipinski definition) is 0. The first-order chi connectivity index (χ1) is 22.1. The minimum Gasteiger partial charge on any atom is -0.0654 e. The molecule has 0 fully saturated rings. The van der Waals surface area contributed by atoms with Crippen molar-refractivity contribution in [2.24, 2.45) is 17.3 Å². The Morgan fingerprint density at radius 2 is 0.578 bits per heavy atom. The molecule has 0 heterocycles. The van der Waals surface area contributed by atoms with Gasteiger partial charge in [0.25, 0.3) is 0 Å². The Labute approximate surface area is 289 Å². The fourth-order valence-electron chi connectivity index (χ4n) is 8.40. The van der Waals surface area contributed by atoms with Crippen LogP contribution in [0.2, 0.25) is 0 Å². The van der Waals surface area contributed by atoms with E-state index in [0.717, 1.165) is 11.8 Å². The van der Waals surface area contributed by atoms with Crippen LogP contribution in [-0.2, 0) is 0 Å². The molecule has 0 aromatic rings. The van der Waals surface area contributed by atoms with Crippen LogP contribution in [0.4, 0.5) is 0 Å². The van der Waals surface area contributed by atoms with E-state index in [4.69, 9.17) is 0 Å². The molecular formula is C45H92. The van der Waals surface area contributed by atoms with Gasteiger partial charge in [0.15, 0.2) is 0 Å². The van der Waals surface area contributed by atoms with Gasteiger partial charge in [0.05, 0.1) is 0 Å². The van der Waals surface area contributed by atoms with E-state index in [9.17, 15) is 0 Å². The van der Waals surface area contributed by atoms with Crippen molar-refractivity contribution in [1.82, 2.24) is 0 Å². The molecule has 0 rings (SSSR count). The average Bonchev–Trinajstić information content (AvgIpc) is 3.05. The number of unbranched alkanes of at least 4 members (excludes halogenated alkanes) is 31. The third-order valence-electron chi connectivity index (χ3n) is 12.1. The lowest BCUT2D eigenvalue weighted by Crippen LogP contribution is -2.31. The summed E-state index contributed by atoms with van der Waals surface area (Å²) >= 11 is 0. The molecule has 45 heavy (non-hydrogen) atoms. The fraction of sp³-hybridized carbons (Fsp3) is 1.00. The normalized spacial score (nSPS) is 14.5. The summed E-state index contributed by atoms with van der Waals surface area (Å²) < 4.78 is 0. The van der Waals surface area contributed by atoms with Crippen molar-refractivity contribution in [3.8, 4) is 0 Å². The molecule has 0 heteroatoms. The van der Waals surface area contributed by atoms with E-state index in [1.54, 1.807) is 0 Å². The molecule has 0 nitrogen and oxygen atoms in total. The molecule has 0 amide bonds. The van der Waals surface area contributed by atoms with Crippen molar-refractivity contribution in [1.29, 1.82) is 0 Å². The summed E-state index contributed by atoms with van der Waals surface area (Å²) in [5.74, 6) is 1.79. The van der Waals surface area contributed by atoms with E-state index < -0.39 is 0 Å². The van der Waals surface area contributed by atoms with E-state index in [0.29, 0.717) is 5.41 Å². The molecule has 0 radical (unpaired) electrons. The smallest absolute Gasteiger partial charge is 0.0298 e. The maximum atomic E-state index is 2.59. The molecule has 0 N–H and O–H groups in total. The lowest BCUT2D eigenvalue weighted by molar-refractivity contribution is 0.0977. The van der Waals surface area contributed by atoms with Crippen molar-refractivity contribution in [3.63, 3.8) is 0 Å². The van der Waals surface area contributed by atoms with Gasteiger partial charge in [-0.3, -0.25) is 0 Å². The van der Waals surface area contributed by atoms with Crippen LogP contribution >= 0.6 is 0 Å². The molecule has 3 atom stereocenters. The second kappa shape index (κ2) is 35.3. The van der Waals surface area contributed by atoms with Gasteiger partial charge in [-0.1, -0.05) is 266 Å². The van der Waals surface area contributed by atoms with Crippen LogP contribution in [0.1, 0.15) is 273 Å². The average molecular weight is 633 g/mol. The zero-order valence-corrected chi connectivity index (χ0v) is 33.1. The summed E-state index contributed by atoms with van der Waals surface area (Å²) in [6, 6.07) is 0. The molecule has 272 valence electrons. The highest BCUT2D eigenvalue weighted by Gasteiger charge is 2.33. The Kier molecular flexibility index (Phi) is 35.3. The zero-order chi connectivity index (χ0) is 33.1. The van der Waals surface area contributed by atoms with Gasteiger partial charge in [0.2, 0.25) is 0 Å². The summed E-state index contributed by atoms with van der Waals surface area (Å²) in [5.41, 5.74) is 0.565. The first kappa shape index (κ1) is 45.0. The van der Waals surface area contributed by atoms with Gasteiger partial charge in [-0.25, -0.2) is 0 Å². The lowest BCUT2D eigenvalue weighted by atomic mass is 9.65. The Morgan fingerprint density at radius 1 is 0.333 bits per heavy atom. The third-order valence-corrected chi connectivity index (χ3v) is 12.1. The Morgan fingerprint density at radius 3 is 0.778 bits per heavy atom. The summed E-state index contributed by atoms with van der Waals surface area (Å²) in [6.07, 6.45) is 52.9. The molecule has 0 aliphatic heterocycles. The Balaban J connectivity index is 3.27. The highest BCUT2D eigenvalue weighted by atomic mass is 14.4. The van der Waals surface area contributed by atoms with Gasteiger partial charge in [-0.15, -0.1) is 0 Å². The molecule has 0 aliphatic carbocycles. The van der Waals surface area contributed by atoms with Crippen LogP contribution in [0.25, 0.3) is 0 Å². The molecule has 0 bridgehead atoms. The lowest BCUT2D eigenvalue weighted by Gasteiger charge is -2.40. The minimum absolute atomic E-state index is 0.565. The topological polar surface area (TPSA) is 0 Å². The van der Waals surface area contributed by atoms with Gasteiger partial charge in [0, 0.05) is 0 Å². The molecule has 0 spiro atoms. The Bertz CT molecular complexity index is 536. The van der Waals surface area contributed by atoms with Crippen molar-refractivity contribution in [3.05, 3.63) is 0 Å². The van der Waals surface area contributed by atoms with E-state index >= 15 is 0 Å². The van der Waals surface area contributed by atoms with Gasteiger partial charge < -0.3 is 0 Å². The predicted molar refractivity (Wildman–Crippen MR) is 210 cm³/mol. The predicted octanol–water partition coefficient (Wildman–Crippen LogP) is 17.4. The molecule has 0 saturated carbocycles. The highest BCUT2D eigenvalue weighted by Crippen LogP contribution is 2.43. The quantitative estimate of drug-likeness (QED) is 0.0594. The molecule has 0 aromatic heterocycles. The first-order valence-electron chi connectivity index (χ1n) is 22.1. The van der Waals surface area contributed by atoms with Crippen LogP contribution in [0.5, 0.6) is 0 Å². The second-order valence-corrected chi connectivity index (χ2v) is 16.1. The van der Waals surface area contributed by atoms with Crippen LogP contribution in [0, 0.1) is 17.3 Å². The second-order valence-electron chi connectivity index (χ2n) is 16.1. The van der Waals surface area contributed by atoms with Gasteiger partial charge in [0.1, 0.15) is 0 Å². The van der Waals surface area contributed by atoms with Crippen LogP contribution in [0.15, 0.2) is 0 Å². The maximum Gasteiger partial charge on any atom is -0.0298 e. The molecule has 3 unspecified atom stereocenters. The highest BCUT2D eigenvalue weighted by molar-refractivity contribution is 4.83. The van der Waals surface area contributed by atoms with Crippen molar-refractivity contribution in [2.75, 3.05) is 0 Å². The van der Waals surface area contributed by atoms with E-state index in [-0.39, 0.29) is 0 Å². The fourth-order valence-corrected chi connectivity index (χ4v) is 8.40. The standard InChI is InChI=1S/C45H92/c1-7-11-12-13-14-15-16-17-18-19-20-21-22-23-24-25-26-27-28-29-30-31-32-33-34-35-36-37-38-39-40-41-42-45(6,10-4)44(9-3)43(5)8-2/h43-44H,7-42H2,1-6H3. The summed E-state index contributed by atoms with van der Waals surface area (Å²) in [5, 5.41) is 0. The molecule has 0 aliphatic rings. The number of hydrogen-bond donors (Lipinski definition) is 0. The van der Waals surface area contributed by atoms with Crippen LogP contribution in [0.3, 0.4) is 0 Å². The van der Waals surface area contributed by atoms with Gasteiger partial charge >= 0.3 is 0 Å². The summed E-state index contributed by atoms with van der Waals surface area (Å²) in [6.45, 7) is 14.6. The molecule has 0 aromatic carbocycles. The van der Waals surface area contributed by atoms with E-state index in [1.165, 1.54) is 231 Å². The molecular weight excluding hydrogens is 540 g/mol. The van der Waals surface area contributed by atoms with E-state index in [2.05, 4.69) is 41.5 Å². The summed E-state index contributed by atoms with van der Waals surface area (Å²) in [7, 11) is 0. The van der Waals surface area contributed by atoms with Gasteiger partial charge in [-0.05, 0) is 23.7 Å². The van der Waals surface area contributed by atoms with Crippen molar-refractivity contribution < 1.29 is 0 Å². The monoisotopic (exact) mass is 633 g/mol. The van der Waals surface area contributed by atoms with Crippen molar-refractivity contribution in [2.45, 2.75) is 273 Å². The van der Waals surface area contributed by atoms with Crippen molar-refractivity contribution >= 4 is 0 Å². The van der Waals surface area contributed by atoms with Crippen LogP contribution < -0.4 is 0 Å². The zero-order valence-electron chi connectivity index (χ0n) is 33.1. The maximum absolute atomic E-state index is 2.59. The third kappa shape index (κ3) is 28.7. The summed E-state index contributed by atoms with van der Waals surface area (Å²) in [4.78, 5) is 0. The Hall–Kier alpha value is 0. The minimum atomic E-state index is 0.565. The largest absolute Gasteiger partial charge is 0.0654 e. The molecule has 0 saturated heterocycles. The van der Waals surface area contributed by atoms with Gasteiger partial charge in [-0.2, -0.15) is 0 Å². The van der Waals surface area contributed by atoms with Crippen LogP contribution in [-0.4, -0.2) is 0 Å².